The van der Waals surface area contributed by atoms with E-state index < -0.39 is 17.6 Å². The first kappa shape index (κ1) is 29.3. The number of rotatable bonds is 9. The second kappa shape index (κ2) is 14.1. The van der Waals surface area contributed by atoms with Crippen molar-refractivity contribution in [2.45, 2.75) is 4.90 Å². The predicted octanol–water partition coefficient (Wildman–Crippen LogP) is 7.49. The molecule has 202 valence electrons. The Balaban J connectivity index is 1.40. The van der Waals surface area contributed by atoms with Crippen LogP contribution in [-0.4, -0.2) is 23.5 Å². The molecule has 0 unspecified atom stereocenters. The number of halogens is 3. The molecule has 0 fully saturated rings. The molecular weight excluding hydrogens is 661 g/mol. The Morgan fingerprint density at radius 2 is 1.52 bits per heavy atom. The third-order valence-corrected chi connectivity index (χ3v) is 7.37. The smallest absolute Gasteiger partial charge is 0.272 e. The fraction of sp³-hybridized carbons (Fsp3) is 0.0333. The van der Waals surface area contributed by atoms with E-state index in [1.165, 1.54) is 23.9 Å². The molecular formula is C30H22Br2FN3O3S. The number of carbonyl (C=O) groups is 3. The Hall–Kier alpha value is -3.73. The highest BCUT2D eigenvalue weighted by Gasteiger charge is 2.15. The summed E-state index contributed by atoms with van der Waals surface area (Å²) in [6, 6.07) is 27.3. The van der Waals surface area contributed by atoms with Crippen molar-refractivity contribution in [2.24, 2.45) is 0 Å². The minimum atomic E-state index is -0.527. The SMILES string of the molecule is O=C(CSc1ccc(NC(=O)/C(=C/c2cccc(Br)c2)NC(=O)c2ccccc2)cc1)Nc1ccc(Br)cc1F. The van der Waals surface area contributed by atoms with E-state index in [-0.39, 0.29) is 23.0 Å². The normalized spacial score (nSPS) is 11.0. The molecule has 0 aromatic heterocycles. The second-order valence-electron chi connectivity index (χ2n) is 8.37. The van der Waals surface area contributed by atoms with Gasteiger partial charge in [0.05, 0.1) is 11.4 Å². The molecule has 0 saturated carbocycles. The van der Waals surface area contributed by atoms with Crippen LogP contribution >= 0.6 is 43.6 Å². The fourth-order valence-corrected chi connectivity index (χ4v) is 4.91. The summed E-state index contributed by atoms with van der Waals surface area (Å²) in [6.45, 7) is 0. The summed E-state index contributed by atoms with van der Waals surface area (Å²) in [4.78, 5) is 39.0. The lowest BCUT2D eigenvalue weighted by Gasteiger charge is -2.12. The number of carbonyl (C=O) groups excluding carboxylic acids is 3. The zero-order valence-corrected chi connectivity index (χ0v) is 24.8. The molecule has 0 heterocycles. The van der Waals surface area contributed by atoms with Gasteiger partial charge in [0.2, 0.25) is 5.91 Å². The van der Waals surface area contributed by atoms with Gasteiger partial charge in [0.25, 0.3) is 11.8 Å². The molecule has 0 saturated heterocycles. The number of nitrogens with one attached hydrogen (secondary N) is 3. The highest BCUT2D eigenvalue weighted by molar-refractivity contribution is 9.10. The van der Waals surface area contributed by atoms with Crippen LogP contribution in [0.15, 0.2) is 117 Å². The largest absolute Gasteiger partial charge is 0.323 e. The maximum atomic E-state index is 14.0. The van der Waals surface area contributed by atoms with E-state index in [1.54, 1.807) is 66.7 Å². The molecule has 4 aromatic rings. The van der Waals surface area contributed by atoms with Crippen LogP contribution in [0.4, 0.5) is 15.8 Å². The summed E-state index contributed by atoms with van der Waals surface area (Å²) >= 11 is 7.87. The zero-order chi connectivity index (χ0) is 28.5. The molecule has 0 aliphatic carbocycles. The molecule has 0 aliphatic heterocycles. The van der Waals surface area contributed by atoms with Crippen molar-refractivity contribution in [3.63, 3.8) is 0 Å². The van der Waals surface area contributed by atoms with Gasteiger partial charge in [0.1, 0.15) is 11.5 Å². The van der Waals surface area contributed by atoms with Gasteiger partial charge in [-0.05, 0) is 78.4 Å². The van der Waals surface area contributed by atoms with Crippen molar-refractivity contribution in [1.29, 1.82) is 0 Å². The van der Waals surface area contributed by atoms with Gasteiger partial charge in [-0.15, -0.1) is 11.8 Å². The number of hydrogen-bond acceptors (Lipinski definition) is 4. The quantitative estimate of drug-likeness (QED) is 0.126. The van der Waals surface area contributed by atoms with Crippen LogP contribution in [0.5, 0.6) is 0 Å². The van der Waals surface area contributed by atoms with E-state index in [9.17, 15) is 18.8 Å². The van der Waals surface area contributed by atoms with Crippen LogP contribution in [0.2, 0.25) is 0 Å². The minimum Gasteiger partial charge on any atom is -0.323 e. The number of benzene rings is 4. The number of hydrogen-bond donors (Lipinski definition) is 3. The highest BCUT2D eigenvalue weighted by Crippen LogP contribution is 2.23. The summed E-state index contributed by atoms with van der Waals surface area (Å²) in [5.41, 5.74) is 1.83. The molecule has 0 bridgehead atoms. The Morgan fingerprint density at radius 3 is 2.23 bits per heavy atom. The molecule has 3 amide bonds. The monoisotopic (exact) mass is 681 g/mol. The molecule has 4 aromatic carbocycles. The zero-order valence-electron chi connectivity index (χ0n) is 20.8. The molecule has 0 aliphatic rings. The fourth-order valence-electron chi connectivity index (χ4n) is 3.46. The van der Waals surface area contributed by atoms with E-state index in [4.69, 9.17) is 0 Å². The van der Waals surface area contributed by atoms with Crippen LogP contribution in [0, 0.1) is 5.82 Å². The lowest BCUT2D eigenvalue weighted by atomic mass is 10.1. The average molecular weight is 683 g/mol. The van der Waals surface area contributed by atoms with Gasteiger partial charge in [-0.2, -0.15) is 0 Å². The number of thioether (sulfide) groups is 1. The molecule has 4 rings (SSSR count). The van der Waals surface area contributed by atoms with E-state index in [0.717, 1.165) is 14.9 Å². The molecule has 6 nitrogen and oxygen atoms in total. The van der Waals surface area contributed by atoms with Gasteiger partial charge in [0.15, 0.2) is 0 Å². The van der Waals surface area contributed by atoms with Gasteiger partial charge >= 0.3 is 0 Å². The molecule has 3 N–H and O–H groups in total. The van der Waals surface area contributed by atoms with Crippen LogP contribution in [0.25, 0.3) is 6.08 Å². The predicted molar refractivity (Wildman–Crippen MR) is 165 cm³/mol. The lowest BCUT2D eigenvalue weighted by Crippen LogP contribution is -2.30. The van der Waals surface area contributed by atoms with Gasteiger partial charge in [-0.3, -0.25) is 14.4 Å². The van der Waals surface area contributed by atoms with Crippen molar-refractivity contribution < 1.29 is 18.8 Å². The van der Waals surface area contributed by atoms with Crippen molar-refractivity contribution >= 4 is 78.8 Å². The van der Waals surface area contributed by atoms with E-state index in [1.807, 2.05) is 24.3 Å². The van der Waals surface area contributed by atoms with Crippen molar-refractivity contribution in [1.82, 2.24) is 5.32 Å². The summed E-state index contributed by atoms with van der Waals surface area (Å²) in [5, 5.41) is 8.06. The molecule has 10 heteroatoms. The maximum Gasteiger partial charge on any atom is 0.272 e. The third kappa shape index (κ3) is 8.64. The summed E-state index contributed by atoms with van der Waals surface area (Å²) in [7, 11) is 0. The topological polar surface area (TPSA) is 87.3 Å². The molecule has 0 atom stereocenters. The van der Waals surface area contributed by atoms with E-state index >= 15 is 0 Å². The van der Waals surface area contributed by atoms with E-state index in [0.29, 0.717) is 15.7 Å². The Morgan fingerprint density at radius 1 is 0.800 bits per heavy atom. The van der Waals surface area contributed by atoms with Crippen LogP contribution in [0.1, 0.15) is 15.9 Å². The van der Waals surface area contributed by atoms with Crippen LogP contribution in [-0.2, 0) is 9.59 Å². The summed E-state index contributed by atoms with van der Waals surface area (Å²) in [6.07, 6.45) is 1.60. The minimum absolute atomic E-state index is 0.0715. The Bertz CT molecular complexity index is 1560. The first-order valence-electron chi connectivity index (χ1n) is 11.9. The second-order valence-corrected chi connectivity index (χ2v) is 11.3. The van der Waals surface area contributed by atoms with Gasteiger partial charge in [0, 0.05) is 25.1 Å². The first-order chi connectivity index (χ1) is 19.3. The Kier molecular flexibility index (Phi) is 10.3. The highest BCUT2D eigenvalue weighted by atomic mass is 79.9. The molecule has 0 spiro atoms. The molecule has 0 radical (unpaired) electrons. The van der Waals surface area contributed by atoms with Crippen molar-refractivity contribution in [3.05, 3.63) is 129 Å². The Labute approximate surface area is 251 Å². The van der Waals surface area contributed by atoms with Gasteiger partial charge < -0.3 is 16.0 Å². The third-order valence-electron chi connectivity index (χ3n) is 5.38. The lowest BCUT2D eigenvalue weighted by molar-refractivity contribution is -0.114. The average Bonchev–Trinajstić information content (AvgIpc) is 2.94. The number of amides is 3. The molecule has 40 heavy (non-hydrogen) atoms. The van der Waals surface area contributed by atoms with Gasteiger partial charge in [-0.25, -0.2) is 4.39 Å². The van der Waals surface area contributed by atoms with Crippen molar-refractivity contribution in [3.8, 4) is 0 Å². The maximum absolute atomic E-state index is 14.0. The van der Waals surface area contributed by atoms with Crippen LogP contribution < -0.4 is 16.0 Å². The summed E-state index contributed by atoms with van der Waals surface area (Å²) < 4.78 is 15.4. The van der Waals surface area contributed by atoms with Gasteiger partial charge in [-0.1, -0.05) is 62.2 Å². The standard InChI is InChI=1S/C30H22Br2FN3O3S/c31-21-8-4-5-19(15-21)16-27(36-29(38)20-6-2-1-3-7-20)30(39)34-23-10-12-24(13-11-23)40-18-28(37)35-26-14-9-22(32)17-25(26)33/h1-17H,18H2,(H,34,39)(H,35,37)(H,36,38)/b27-16-. The van der Waals surface area contributed by atoms with E-state index in [2.05, 4.69) is 47.8 Å². The number of anilines is 2. The first-order valence-corrected chi connectivity index (χ1v) is 14.5. The van der Waals surface area contributed by atoms with Crippen LogP contribution in [0.3, 0.4) is 0 Å². The van der Waals surface area contributed by atoms with Crippen molar-refractivity contribution in [2.75, 3.05) is 16.4 Å². The summed E-state index contributed by atoms with van der Waals surface area (Å²) in [5.74, 6) is -1.71.